The van der Waals surface area contributed by atoms with E-state index in [-0.39, 0.29) is 17.1 Å². The van der Waals surface area contributed by atoms with Gasteiger partial charge in [0.2, 0.25) is 0 Å². The van der Waals surface area contributed by atoms with Crippen LogP contribution < -0.4 is 16.5 Å². The summed E-state index contributed by atoms with van der Waals surface area (Å²) in [6.45, 7) is 1.72. The molecule has 0 saturated carbocycles. The molecule has 1 aliphatic rings. The Balaban J connectivity index is 1.89. The second-order valence-electron chi connectivity index (χ2n) is 6.00. The maximum absolute atomic E-state index is 12.6. The number of fused-ring (bicyclic) bond motifs is 1. The van der Waals surface area contributed by atoms with Gasteiger partial charge in [-0.05, 0) is 25.8 Å². The fraction of sp³-hybridized carbons (Fsp3) is 0.235. The Morgan fingerprint density at radius 3 is 2.81 bits per heavy atom. The molecular weight excluding hydrogens is 354 g/mol. The standard InChI is InChI=1S/C17H17N5O5/c1-9-14-12(20-21-17(18)24)6-3-7-13(14)27-15(9)16(23)19-10-4-2-5-11(8-10)22(25)26/h2,4-5,8H,3,6-7H2,1H3,(H,19,23)(H3,18,21,24)/b20-12+. The number of rotatable bonds is 4. The van der Waals surface area contributed by atoms with Crippen LogP contribution >= 0.6 is 0 Å². The molecule has 140 valence electrons. The summed E-state index contributed by atoms with van der Waals surface area (Å²) in [5.74, 6) is 0.178. The zero-order chi connectivity index (χ0) is 19.6. The lowest BCUT2D eigenvalue weighted by molar-refractivity contribution is -0.384. The molecule has 10 heteroatoms. The number of nitro benzene ring substituents is 1. The van der Waals surface area contributed by atoms with E-state index in [9.17, 15) is 19.7 Å². The van der Waals surface area contributed by atoms with Crippen LogP contribution in [0.1, 0.15) is 40.3 Å². The fourth-order valence-corrected chi connectivity index (χ4v) is 3.00. The van der Waals surface area contributed by atoms with Crippen molar-refractivity contribution >= 4 is 29.0 Å². The number of nitrogens with zero attached hydrogens (tertiary/aromatic N) is 2. The number of amides is 3. The molecule has 10 nitrogen and oxygen atoms in total. The highest BCUT2D eigenvalue weighted by Crippen LogP contribution is 2.30. The number of aryl methyl sites for hydroxylation is 1. The number of hydrogen-bond acceptors (Lipinski definition) is 6. The van der Waals surface area contributed by atoms with Crippen LogP contribution in [0.2, 0.25) is 0 Å². The minimum atomic E-state index is -0.778. The van der Waals surface area contributed by atoms with Gasteiger partial charge in [-0.3, -0.25) is 14.9 Å². The molecule has 1 aromatic heterocycles. The van der Waals surface area contributed by atoms with Gasteiger partial charge in [-0.15, -0.1) is 0 Å². The number of hydrogen-bond donors (Lipinski definition) is 3. The number of non-ortho nitro benzene ring substituents is 1. The van der Waals surface area contributed by atoms with Crippen LogP contribution in [0.3, 0.4) is 0 Å². The fourth-order valence-electron chi connectivity index (χ4n) is 3.00. The Kier molecular flexibility index (Phi) is 4.88. The molecule has 0 aliphatic heterocycles. The van der Waals surface area contributed by atoms with Crippen molar-refractivity contribution in [2.45, 2.75) is 26.2 Å². The Hall–Kier alpha value is -3.69. The summed E-state index contributed by atoms with van der Waals surface area (Å²) in [5.41, 5.74) is 9.25. The Morgan fingerprint density at radius 1 is 1.33 bits per heavy atom. The summed E-state index contributed by atoms with van der Waals surface area (Å²) < 4.78 is 5.71. The topological polar surface area (TPSA) is 153 Å². The molecule has 0 saturated heterocycles. The highest BCUT2D eigenvalue weighted by molar-refractivity contribution is 6.09. The molecule has 1 heterocycles. The van der Waals surface area contributed by atoms with Gasteiger partial charge in [-0.1, -0.05) is 6.07 Å². The van der Waals surface area contributed by atoms with E-state index in [0.29, 0.717) is 35.4 Å². The number of benzene rings is 1. The maximum atomic E-state index is 12.6. The number of hydrazone groups is 1. The van der Waals surface area contributed by atoms with Crippen molar-refractivity contribution in [3.63, 3.8) is 0 Å². The van der Waals surface area contributed by atoms with Gasteiger partial charge < -0.3 is 15.5 Å². The van der Waals surface area contributed by atoms with E-state index in [2.05, 4.69) is 15.8 Å². The number of urea groups is 1. The number of anilines is 1. The second kappa shape index (κ2) is 7.28. The molecule has 3 rings (SSSR count). The van der Waals surface area contributed by atoms with E-state index in [1.807, 2.05) is 0 Å². The molecule has 3 amide bonds. The normalized spacial score (nSPS) is 14.5. The van der Waals surface area contributed by atoms with E-state index >= 15 is 0 Å². The van der Waals surface area contributed by atoms with E-state index in [1.165, 1.54) is 18.2 Å². The molecule has 2 aromatic rings. The Morgan fingerprint density at radius 2 is 2.11 bits per heavy atom. The number of nitrogens with two attached hydrogens (primary N) is 1. The van der Waals surface area contributed by atoms with Crippen molar-refractivity contribution in [3.8, 4) is 0 Å². The molecule has 0 radical (unpaired) electrons. The number of nitro groups is 1. The molecule has 0 bridgehead atoms. The number of furan rings is 1. The third kappa shape index (κ3) is 3.78. The summed E-state index contributed by atoms with van der Waals surface area (Å²) >= 11 is 0. The summed E-state index contributed by atoms with van der Waals surface area (Å²) in [7, 11) is 0. The van der Waals surface area contributed by atoms with E-state index in [0.717, 1.165) is 6.42 Å². The predicted molar refractivity (Wildman–Crippen MR) is 96.7 cm³/mol. The highest BCUT2D eigenvalue weighted by Gasteiger charge is 2.28. The summed E-state index contributed by atoms with van der Waals surface area (Å²) in [5, 5.41) is 17.5. The zero-order valence-corrected chi connectivity index (χ0v) is 14.4. The zero-order valence-electron chi connectivity index (χ0n) is 14.4. The van der Waals surface area contributed by atoms with E-state index in [1.54, 1.807) is 13.0 Å². The van der Waals surface area contributed by atoms with Gasteiger partial charge in [0.15, 0.2) is 5.76 Å². The van der Waals surface area contributed by atoms with Gasteiger partial charge in [0.05, 0.1) is 10.6 Å². The van der Waals surface area contributed by atoms with Crippen LogP contribution in [0.15, 0.2) is 33.8 Å². The van der Waals surface area contributed by atoms with E-state index in [4.69, 9.17) is 10.2 Å². The van der Waals surface area contributed by atoms with Crippen LogP contribution in [0.5, 0.6) is 0 Å². The minimum Gasteiger partial charge on any atom is -0.455 e. The predicted octanol–water partition coefficient (Wildman–Crippen LogP) is 2.46. The summed E-state index contributed by atoms with van der Waals surface area (Å²) in [6.07, 6.45) is 2.00. The minimum absolute atomic E-state index is 0.0974. The molecule has 1 aromatic carbocycles. The first-order valence-electron chi connectivity index (χ1n) is 8.17. The lowest BCUT2D eigenvalue weighted by atomic mass is 9.93. The van der Waals surface area contributed by atoms with Crippen LogP contribution in [-0.2, 0) is 6.42 Å². The van der Waals surface area contributed by atoms with Crippen LogP contribution in [0.25, 0.3) is 0 Å². The molecule has 1 aliphatic carbocycles. The number of carbonyl (C=O) groups is 2. The van der Waals surface area contributed by atoms with Crippen molar-refractivity contribution in [1.82, 2.24) is 5.43 Å². The number of nitrogens with one attached hydrogen (secondary N) is 2. The quantitative estimate of drug-likeness (QED) is 0.556. The molecule has 4 N–H and O–H groups in total. The first-order valence-corrected chi connectivity index (χ1v) is 8.17. The van der Waals surface area contributed by atoms with Gasteiger partial charge in [-0.25, -0.2) is 10.2 Å². The van der Waals surface area contributed by atoms with Gasteiger partial charge in [0, 0.05) is 35.4 Å². The van der Waals surface area contributed by atoms with Crippen molar-refractivity contribution < 1.29 is 18.9 Å². The third-order valence-corrected chi connectivity index (χ3v) is 4.15. The smallest absolute Gasteiger partial charge is 0.332 e. The molecular formula is C17H17N5O5. The molecule has 0 atom stereocenters. The monoisotopic (exact) mass is 371 g/mol. The molecule has 0 spiro atoms. The summed E-state index contributed by atoms with van der Waals surface area (Å²) in [4.78, 5) is 33.8. The lowest BCUT2D eigenvalue weighted by Crippen LogP contribution is -2.27. The van der Waals surface area contributed by atoms with Gasteiger partial charge in [0.1, 0.15) is 5.76 Å². The average Bonchev–Trinajstić information content (AvgIpc) is 2.97. The van der Waals surface area contributed by atoms with Gasteiger partial charge >= 0.3 is 6.03 Å². The Labute approximate surface area is 153 Å². The highest BCUT2D eigenvalue weighted by atomic mass is 16.6. The second-order valence-corrected chi connectivity index (χ2v) is 6.00. The van der Waals surface area contributed by atoms with Crippen LogP contribution in [-0.4, -0.2) is 22.6 Å². The summed E-state index contributed by atoms with van der Waals surface area (Å²) in [6, 6.07) is 4.85. The van der Waals surface area contributed by atoms with Crippen molar-refractivity contribution in [2.24, 2.45) is 10.8 Å². The van der Waals surface area contributed by atoms with Crippen molar-refractivity contribution in [3.05, 3.63) is 57.0 Å². The average molecular weight is 371 g/mol. The number of carbonyl (C=O) groups excluding carboxylic acids is 2. The first-order chi connectivity index (χ1) is 12.9. The van der Waals surface area contributed by atoms with Crippen LogP contribution in [0, 0.1) is 17.0 Å². The SMILES string of the molecule is Cc1c(C(=O)Nc2cccc([N+](=O)[O-])c2)oc2c1/C(=N/NC(N)=O)CCC2. The molecule has 27 heavy (non-hydrogen) atoms. The third-order valence-electron chi connectivity index (χ3n) is 4.15. The Bertz CT molecular complexity index is 963. The first kappa shape index (κ1) is 18.1. The molecule has 0 fully saturated rings. The van der Waals surface area contributed by atoms with Gasteiger partial charge in [0.25, 0.3) is 11.6 Å². The van der Waals surface area contributed by atoms with Crippen LogP contribution in [0.4, 0.5) is 16.2 Å². The maximum Gasteiger partial charge on any atom is 0.332 e. The molecule has 0 unspecified atom stereocenters. The van der Waals surface area contributed by atoms with Crippen molar-refractivity contribution in [2.75, 3.05) is 5.32 Å². The van der Waals surface area contributed by atoms with E-state index < -0.39 is 16.9 Å². The lowest BCUT2D eigenvalue weighted by Gasteiger charge is -2.13. The largest absolute Gasteiger partial charge is 0.455 e. The number of primary amides is 1. The van der Waals surface area contributed by atoms with Gasteiger partial charge in [-0.2, -0.15) is 5.10 Å². The van der Waals surface area contributed by atoms with Crippen molar-refractivity contribution in [1.29, 1.82) is 0 Å².